The molecule has 1 aromatic heterocycles. The summed E-state index contributed by atoms with van der Waals surface area (Å²) in [6.07, 6.45) is 0. The minimum absolute atomic E-state index is 0.313. The summed E-state index contributed by atoms with van der Waals surface area (Å²) in [7, 11) is 1.56. The van der Waals surface area contributed by atoms with Crippen molar-refractivity contribution in [2.24, 2.45) is 0 Å². The van der Waals surface area contributed by atoms with Crippen LogP contribution in [-0.4, -0.2) is 19.7 Å². The summed E-state index contributed by atoms with van der Waals surface area (Å²) in [5, 5.41) is 6.59. The Kier molecular flexibility index (Phi) is 5.31. The lowest BCUT2D eigenvalue weighted by atomic mass is 10.2. The molecule has 2 N–H and O–H groups in total. The number of furan rings is 1. The van der Waals surface area contributed by atoms with E-state index in [9.17, 15) is 4.79 Å². The van der Waals surface area contributed by atoms with E-state index in [1.807, 2.05) is 50.2 Å². The summed E-state index contributed by atoms with van der Waals surface area (Å²) in [5.74, 6) is 1.95. The van der Waals surface area contributed by atoms with Crippen LogP contribution in [0, 0.1) is 0 Å². The van der Waals surface area contributed by atoms with Crippen molar-refractivity contribution >= 4 is 22.7 Å². The number of methoxy groups -OCH3 is 1. The van der Waals surface area contributed by atoms with Crippen LogP contribution in [0.4, 0.5) is 10.5 Å². The number of rotatable bonds is 6. The molecule has 1 atom stereocenters. The molecule has 3 rings (SSSR count). The lowest BCUT2D eigenvalue weighted by molar-refractivity contribution is 0.247. The SMILES string of the molecule is CCOc1cccc2cc([C@@H](C)NC(=O)Nc3ccccc3OC)oc12. The topological polar surface area (TPSA) is 72.7 Å². The zero-order chi connectivity index (χ0) is 18.5. The van der Waals surface area contributed by atoms with Crippen LogP contribution in [0.5, 0.6) is 11.5 Å². The van der Waals surface area contributed by atoms with Crippen LogP contribution >= 0.6 is 0 Å². The molecule has 3 aromatic rings. The van der Waals surface area contributed by atoms with Gasteiger partial charge in [-0.25, -0.2) is 4.79 Å². The number of hydrogen-bond donors (Lipinski definition) is 2. The molecule has 1 heterocycles. The summed E-state index contributed by atoms with van der Waals surface area (Å²) in [6, 6.07) is 14.2. The molecule has 0 saturated heterocycles. The third-order valence-electron chi connectivity index (χ3n) is 3.96. The summed E-state index contributed by atoms with van der Waals surface area (Å²) < 4.78 is 16.7. The number of nitrogens with one attached hydrogen (secondary N) is 2. The second-order valence-electron chi connectivity index (χ2n) is 5.78. The highest BCUT2D eigenvalue weighted by atomic mass is 16.5. The van der Waals surface area contributed by atoms with Gasteiger partial charge in [0.15, 0.2) is 11.3 Å². The van der Waals surface area contributed by atoms with Crippen LogP contribution in [0.2, 0.25) is 0 Å². The van der Waals surface area contributed by atoms with Gasteiger partial charge in [0.25, 0.3) is 0 Å². The molecule has 0 bridgehead atoms. The van der Waals surface area contributed by atoms with Crippen molar-refractivity contribution in [3.8, 4) is 11.5 Å². The number of urea groups is 1. The molecule has 0 aliphatic heterocycles. The van der Waals surface area contributed by atoms with E-state index in [0.717, 1.165) is 5.39 Å². The highest BCUT2D eigenvalue weighted by Crippen LogP contribution is 2.31. The minimum atomic E-state index is -0.340. The Labute approximate surface area is 152 Å². The second kappa shape index (κ2) is 7.82. The third kappa shape index (κ3) is 3.74. The first-order chi connectivity index (χ1) is 12.6. The van der Waals surface area contributed by atoms with Gasteiger partial charge in [0, 0.05) is 5.39 Å². The molecule has 6 heteroatoms. The number of carbonyl (C=O) groups is 1. The molecule has 26 heavy (non-hydrogen) atoms. The van der Waals surface area contributed by atoms with Gasteiger partial charge in [-0.05, 0) is 38.1 Å². The molecule has 0 unspecified atom stereocenters. The maximum absolute atomic E-state index is 12.3. The van der Waals surface area contributed by atoms with Gasteiger partial charge < -0.3 is 24.5 Å². The molecule has 0 fully saturated rings. The lowest BCUT2D eigenvalue weighted by Gasteiger charge is -2.14. The minimum Gasteiger partial charge on any atom is -0.495 e. The molecular formula is C20H22N2O4. The molecule has 136 valence electrons. The number of anilines is 1. The number of para-hydroxylation sites is 3. The normalized spacial score (nSPS) is 11.8. The fraction of sp³-hybridized carbons (Fsp3) is 0.250. The highest BCUT2D eigenvalue weighted by Gasteiger charge is 2.17. The number of amides is 2. The van der Waals surface area contributed by atoms with E-state index < -0.39 is 0 Å². The Morgan fingerprint density at radius 3 is 2.69 bits per heavy atom. The van der Waals surface area contributed by atoms with E-state index in [1.54, 1.807) is 19.2 Å². The summed E-state index contributed by atoms with van der Waals surface area (Å²) >= 11 is 0. The quantitative estimate of drug-likeness (QED) is 0.672. The standard InChI is InChI=1S/C20H22N2O4/c1-4-25-17-11-7-8-14-12-18(26-19(14)17)13(2)21-20(23)22-15-9-5-6-10-16(15)24-3/h5-13H,4H2,1-3H3,(H2,21,22,23)/t13-/m1/s1. The molecule has 2 amide bonds. The smallest absolute Gasteiger partial charge is 0.319 e. The van der Waals surface area contributed by atoms with Crippen LogP contribution in [0.3, 0.4) is 0 Å². The van der Waals surface area contributed by atoms with Crippen molar-refractivity contribution in [1.29, 1.82) is 0 Å². The Hall–Kier alpha value is -3.15. The summed E-state index contributed by atoms with van der Waals surface area (Å²) in [4.78, 5) is 12.3. The Bertz CT molecular complexity index is 904. The molecule has 0 radical (unpaired) electrons. The molecule has 0 aliphatic carbocycles. The average molecular weight is 354 g/mol. The molecule has 0 saturated carbocycles. The van der Waals surface area contributed by atoms with Crippen molar-refractivity contribution in [2.45, 2.75) is 19.9 Å². The average Bonchev–Trinajstić information content (AvgIpc) is 3.08. The van der Waals surface area contributed by atoms with E-state index in [4.69, 9.17) is 13.9 Å². The van der Waals surface area contributed by atoms with E-state index in [2.05, 4.69) is 10.6 Å². The first-order valence-electron chi connectivity index (χ1n) is 8.48. The molecule has 6 nitrogen and oxygen atoms in total. The summed E-state index contributed by atoms with van der Waals surface area (Å²) in [6.45, 7) is 4.35. The number of benzene rings is 2. The second-order valence-corrected chi connectivity index (χ2v) is 5.78. The predicted octanol–water partition coefficient (Wildman–Crippen LogP) is 4.72. The van der Waals surface area contributed by atoms with Crippen molar-refractivity contribution in [2.75, 3.05) is 19.0 Å². The van der Waals surface area contributed by atoms with E-state index in [0.29, 0.717) is 35.1 Å². The van der Waals surface area contributed by atoms with Crippen LogP contribution < -0.4 is 20.1 Å². The highest BCUT2D eigenvalue weighted by molar-refractivity contribution is 5.91. The largest absolute Gasteiger partial charge is 0.495 e. The van der Waals surface area contributed by atoms with Gasteiger partial charge in [-0.1, -0.05) is 24.3 Å². The molecule has 0 aliphatic rings. The van der Waals surface area contributed by atoms with Gasteiger partial charge in [-0.2, -0.15) is 0 Å². The molecular weight excluding hydrogens is 332 g/mol. The first kappa shape index (κ1) is 17.7. The number of carbonyl (C=O) groups excluding carboxylic acids is 1. The van der Waals surface area contributed by atoms with E-state index >= 15 is 0 Å². The monoisotopic (exact) mass is 354 g/mol. The third-order valence-corrected chi connectivity index (χ3v) is 3.96. The maximum atomic E-state index is 12.3. The van der Waals surface area contributed by atoms with Crippen molar-refractivity contribution < 1.29 is 18.7 Å². The van der Waals surface area contributed by atoms with Gasteiger partial charge in [-0.3, -0.25) is 0 Å². The Morgan fingerprint density at radius 2 is 1.92 bits per heavy atom. The lowest BCUT2D eigenvalue weighted by Crippen LogP contribution is -2.31. The van der Waals surface area contributed by atoms with Gasteiger partial charge in [-0.15, -0.1) is 0 Å². The number of ether oxygens (including phenoxy) is 2. The van der Waals surface area contributed by atoms with Crippen molar-refractivity contribution in [1.82, 2.24) is 5.32 Å². The van der Waals surface area contributed by atoms with E-state index in [-0.39, 0.29) is 12.1 Å². The number of fused-ring (bicyclic) bond motifs is 1. The zero-order valence-corrected chi connectivity index (χ0v) is 15.0. The molecule has 2 aromatic carbocycles. The predicted molar refractivity (Wildman–Crippen MR) is 101 cm³/mol. The van der Waals surface area contributed by atoms with Crippen molar-refractivity contribution in [3.05, 3.63) is 54.3 Å². The first-order valence-corrected chi connectivity index (χ1v) is 8.48. The molecule has 0 spiro atoms. The van der Waals surface area contributed by atoms with E-state index in [1.165, 1.54) is 0 Å². The van der Waals surface area contributed by atoms with Gasteiger partial charge in [0.1, 0.15) is 11.5 Å². The van der Waals surface area contributed by atoms with Crippen molar-refractivity contribution in [3.63, 3.8) is 0 Å². The fourth-order valence-electron chi connectivity index (χ4n) is 2.71. The maximum Gasteiger partial charge on any atom is 0.319 e. The fourth-order valence-corrected chi connectivity index (χ4v) is 2.71. The number of hydrogen-bond acceptors (Lipinski definition) is 4. The summed E-state index contributed by atoms with van der Waals surface area (Å²) in [5.41, 5.74) is 1.28. The van der Waals surface area contributed by atoms with Gasteiger partial charge in [0.05, 0.1) is 25.4 Å². The van der Waals surface area contributed by atoms with Gasteiger partial charge in [0.2, 0.25) is 0 Å². The zero-order valence-electron chi connectivity index (χ0n) is 15.0. The Balaban J connectivity index is 1.73. The van der Waals surface area contributed by atoms with Crippen LogP contribution in [0.25, 0.3) is 11.0 Å². The van der Waals surface area contributed by atoms with Crippen LogP contribution in [0.1, 0.15) is 25.6 Å². The Morgan fingerprint density at radius 1 is 1.15 bits per heavy atom. The van der Waals surface area contributed by atoms with Gasteiger partial charge >= 0.3 is 6.03 Å². The van der Waals surface area contributed by atoms with Crippen LogP contribution in [0.15, 0.2) is 52.9 Å². The van der Waals surface area contributed by atoms with Crippen LogP contribution in [-0.2, 0) is 0 Å².